The molecule has 0 aromatic heterocycles. The minimum absolute atomic E-state index is 0.0105. The van der Waals surface area contributed by atoms with Gasteiger partial charge in [-0.25, -0.2) is 43.2 Å². The van der Waals surface area contributed by atoms with Gasteiger partial charge in [-0.15, -0.1) is 0 Å². The van der Waals surface area contributed by atoms with Crippen LogP contribution in [0.1, 0.15) is 289 Å². The highest BCUT2D eigenvalue weighted by Crippen LogP contribution is 2.68. The lowest BCUT2D eigenvalue weighted by Gasteiger charge is -2.61. The zero-order valence-corrected chi connectivity index (χ0v) is 70.0. The van der Waals surface area contributed by atoms with Crippen molar-refractivity contribution in [3.8, 4) is 0 Å². The van der Waals surface area contributed by atoms with Gasteiger partial charge in [-0.3, -0.25) is 0 Å². The minimum Gasteiger partial charge on any atom is -0.463 e. The van der Waals surface area contributed by atoms with E-state index in [4.69, 9.17) is 47.4 Å². The van der Waals surface area contributed by atoms with Crippen LogP contribution in [0.4, 0.5) is 9.59 Å². The zero-order chi connectivity index (χ0) is 82.6. The van der Waals surface area contributed by atoms with Crippen LogP contribution >= 0.6 is 0 Å². The Balaban J connectivity index is 0.000000157. The molecule has 17 aliphatic carbocycles. The Morgan fingerprint density at radius 3 is 1.12 bits per heavy atom. The van der Waals surface area contributed by atoms with Gasteiger partial charge in [0.25, 0.3) is 0 Å². The Kier molecular flexibility index (Phi) is 27.8. The van der Waals surface area contributed by atoms with Gasteiger partial charge in [0.1, 0.15) is 40.2 Å². The molecule has 0 aromatic carbocycles. The average molecular weight is 1570 g/mol. The Morgan fingerprint density at radius 2 is 0.759 bits per heavy atom. The molecule has 2 N–H and O–H groups in total. The van der Waals surface area contributed by atoms with E-state index < -0.39 is 64.0 Å². The monoisotopic (exact) mass is 1570 g/mol. The van der Waals surface area contributed by atoms with Gasteiger partial charge in [-0.1, -0.05) is 52.8 Å². The molecule has 18 rings (SSSR count). The summed E-state index contributed by atoms with van der Waals surface area (Å²) < 4.78 is 59.4. The molecule has 0 amide bonds. The van der Waals surface area contributed by atoms with Gasteiger partial charge in [0.15, 0.2) is 0 Å². The first-order chi connectivity index (χ1) is 52.1. The topological polar surface area (TPSA) is 296 Å². The fourth-order valence-corrected chi connectivity index (χ4v) is 23.6. The van der Waals surface area contributed by atoms with Gasteiger partial charge in [0.05, 0.1) is 25.4 Å². The molecular weight excluding hydrogens is 1430 g/mol. The highest BCUT2D eigenvalue weighted by Gasteiger charge is 2.64. The molecule has 626 valence electrons. The number of aliphatic hydroxyl groups excluding tert-OH is 1. The average Bonchev–Trinajstić information content (AvgIpc) is 0.765. The smallest absolute Gasteiger partial charge is 0.463 e. The molecule has 16 bridgehead atoms. The predicted octanol–water partition coefficient (Wildman–Crippen LogP) is 17.3. The van der Waals surface area contributed by atoms with Crippen LogP contribution in [0.2, 0.25) is 0 Å². The lowest BCUT2D eigenvalue weighted by Crippen LogP contribution is -2.62. The summed E-state index contributed by atoms with van der Waals surface area (Å²) in [7, 11) is 0. The Bertz CT molecular complexity index is 3530. The number of carbonyl (C=O) groups excluding carboxylic acids is 9. The maximum atomic E-state index is 12.2. The number of aliphatic hydroxyl groups is 2. The van der Waals surface area contributed by atoms with E-state index in [0.717, 1.165) is 127 Å². The maximum Gasteiger partial charge on any atom is 0.509 e. The summed E-state index contributed by atoms with van der Waals surface area (Å²) in [6, 6.07) is 0. The maximum absolute atomic E-state index is 12.2. The molecule has 22 nitrogen and oxygen atoms in total. The van der Waals surface area contributed by atoms with Crippen molar-refractivity contribution in [2.45, 2.75) is 334 Å². The van der Waals surface area contributed by atoms with E-state index in [2.05, 4.69) is 51.1 Å². The van der Waals surface area contributed by atoms with E-state index in [1.165, 1.54) is 71.1 Å². The molecule has 1 aliphatic heterocycles. The van der Waals surface area contributed by atoms with Crippen molar-refractivity contribution in [3.05, 3.63) is 72.9 Å². The van der Waals surface area contributed by atoms with E-state index in [-0.39, 0.29) is 62.7 Å². The number of esters is 7. The van der Waals surface area contributed by atoms with E-state index in [1.54, 1.807) is 34.6 Å². The number of carbonyl (C=O) groups is 9. The summed E-state index contributed by atoms with van der Waals surface area (Å²) in [4.78, 5) is 105. The molecule has 9 atom stereocenters. The van der Waals surface area contributed by atoms with E-state index >= 15 is 0 Å². The standard InChI is InChI=1S/C21H32O5.C19H28O5.C16H24O3.C14H20O3.C12H20O2.C8H10O4/c1-14(2)17(22)24-12-20-7-15-6-16(8-20)10-21(9-15,11-20)13-25-18(23)26-19(3,4)5;1-12(2)15(20)22-18-7-13-6-14(8-18)10-19(9-13,11-18)24-16(21)23-17(3,4)5;1-11(2)14(18)19-10-16-6-12-3-13(7-16)5-15(4-12,8-16)9-17;1-9(2)12(15)17-14-6-10-3-11(7-14)5-13(16,4-10)8-14;1-4-12(8-6-5-7-9-12)14-11(13)10(2)3;1-5(2)7(9)12-6-3-4-11-8(6)10/h15-16H,1,6-13H2,2-5H3;13-14H,1,6-11H2,2-5H3;12-13,17H,1,3-10H2,2H3;10-11,16H,1,3-8H2,2H3;2,4-9H2,1,3H3;6H,1,3-4H2,2H3. The van der Waals surface area contributed by atoms with Crippen molar-refractivity contribution in [2.75, 3.05) is 33.0 Å². The molecule has 0 aromatic rings. The van der Waals surface area contributed by atoms with E-state index in [9.17, 15) is 53.4 Å². The number of hydrogen-bond acceptors (Lipinski definition) is 22. The summed E-state index contributed by atoms with van der Waals surface area (Å²) in [6.45, 7) is 46.7. The Hall–Kier alpha value is -6.81. The molecule has 18 aliphatic rings. The largest absolute Gasteiger partial charge is 0.509 e. The highest BCUT2D eigenvalue weighted by atomic mass is 16.7. The van der Waals surface area contributed by atoms with Gasteiger partial charge in [0, 0.05) is 75.6 Å². The third-order valence-electron chi connectivity index (χ3n) is 26.0. The van der Waals surface area contributed by atoms with Gasteiger partial charge < -0.3 is 62.3 Å². The number of cyclic esters (lactones) is 1. The number of rotatable bonds is 19. The SMILES string of the molecule is C=C(C)C(=O)OC1(CC)CCCCC1.C=C(C)C(=O)OC12CC3CC(CC(O)(C3)C1)C2.C=C(C)C(=O)OC12CC3CC(CC(OC(=O)OC(C)(C)C)(C3)C1)C2.C=C(C)C(=O)OC1CCOC1=O.C=C(C)C(=O)OCC12CC3CC(CC(CO)(C3)C1)C2.C=C(C)C(=O)OCC12CC3CC(CC(COC(=O)OC(C)(C)C)(C3)C1)C2. The normalized spacial score (nSPS) is 35.4. The Morgan fingerprint density at radius 1 is 0.420 bits per heavy atom. The van der Waals surface area contributed by atoms with Crippen molar-refractivity contribution in [2.24, 2.45) is 69.0 Å². The third-order valence-corrected chi connectivity index (χ3v) is 26.0. The molecule has 1 saturated heterocycles. The van der Waals surface area contributed by atoms with Crippen molar-refractivity contribution in [1.82, 2.24) is 0 Å². The molecule has 22 heteroatoms. The molecule has 1 heterocycles. The highest BCUT2D eigenvalue weighted by molar-refractivity contribution is 5.90. The second-order valence-corrected chi connectivity index (χ2v) is 40.0. The van der Waals surface area contributed by atoms with E-state index in [1.807, 2.05) is 41.5 Å². The molecule has 112 heavy (non-hydrogen) atoms. The summed E-state index contributed by atoms with van der Waals surface area (Å²) in [5, 5.41) is 20.3. The first-order valence-corrected chi connectivity index (χ1v) is 41.5. The van der Waals surface area contributed by atoms with Crippen LogP contribution in [0.25, 0.3) is 0 Å². The summed E-state index contributed by atoms with van der Waals surface area (Å²) in [5.41, 5.74) is -0.467. The first kappa shape index (κ1) is 89.1. The zero-order valence-electron chi connectivity index (χ0n) is 70.0. The van der Waals surface area contributed by atoms with Crippen LogP contribution < -0.4 is 0 Å². The van der Waals surface area contributed by atoms with Crippen LogP contribution in [0.15, 0.2) is 72.9 Å². The molecule has 18 fully saturated rings. The van der Waals surface area contributed by atoms with Gasteiger partial charge in [-0.2, -0.15) is 0 Å². The lowest BCUT2D eigenvalue weighted by molar-refractivity contribution is -0.223. The molecule has 9 unspecified atom stereocenters. The predicted molar refractivity (Wildman–Crippen MR) is 419 cm³/mol. The lowest BCUT2D eigenvalue weighted by atomic mass is 9.44. The van der Waals surface area contributed by atoms with Crippen LogP contribution in [0.3, 0.4) is 0 Å². The fourth-order valence-electron chi connectivity index (χ4n) is 23.6. The number of hydrogen-bond donors (Lipinski definition) is 2. The van der Waals surface area contributed by atoms with Crippen LogP contribution in [-0.2, 0) is 85.7 Å². The van der Waals surface area contributed by atoms with E-state index in [0.29, 0.717) is 116 Å². The molecule has 0 radical (unpaired) electrons. The summed E-state index contributed by atoms with van der Waals surface area (Å²) in [6.07, 6.45) is 29.4. The van der Waals surface area contributed by atoms with Crippen molar-refractivity contribution in [3.63, 3.8) is 0 Å². The summed E-state index contributed by atoms with van der Waals surface area (Å²) >= 11 is 0. The number of ether oxygens (including phenoxy) is 11. The molecule has 17 saturated carbocycles. The van der Waals surface area contributed by atoms with Gasteiger partial charge >= 0.3 is 54.1 Å². The van der Waals surface area contributed by atoms with Gasteiger partial charge in [0.2, 0.25) is 6.10 Å². The van der Waals surface area contributed by atoms with Crippen LogP contribution in [0, 0.1) is 69.0 Å². The minimum atomic E-state index is -0.728. The molecular formula is C90H134O22. The van der Waals surface area contributed by atoms with Crippen molar-refractivity contribution in [1.29, 1.82) is 0 Å². The van der Waals surface area contributed by atoms with Gasteiger partial charge in [-0.05, 0) is 309 Å². The second-order valence-electron chi connectivity index (χ2n) is 40.0. The molecule has 0 spiro atoms. The van der Waals surface area contributed by atoms with Crippen LogP contribution in [-0.4, -0.2) is 143 Å². The van der Waals surface area contributed by atoms with Crippen molar-refractivity contribution < 1.29 is 105 Å². The third kappa shape index (κ3) is 23.3. The summed E-state index contributed by atoms with van der Waals surface area (Å²) in [5.74, 6) is 2.25. The fraction of sp³-hybridized carbons (Fsp3) is 0.767. The van der Waals surface area contributed by atoms with Crippen molar-refractivity contribution >= 4 is 54.1 Å². The first-order valence-electron chi connectivity index (χ1n) is 41.5. The Labute approximate surface area is 665 Å². The quantitative estimate of drug-likeness (QED) is 0.0690. The second kappa shape index (κ2) is 34.9. The van der Waals surface area contributed by atoms with Crippen LogP contribution in [0.5, 0.6) is 0 Å².